The molecule has 5 heteroatoms. The third-order valence-electron chi connectivity index (χ3n) is 4.46. The molecule has 0 atom stereocenters. The number of rotatable bonds is 8. The van der Waals surface area contributed by atoms with Gasteiger partial charge >= 0.3 is 5.97 Å². The Morgan fingerprint density at radius 3 is 2.08 bits per heavy atom. The number of ether oxygens (including phenoxy) is 2. The molecular formula is C20H32O4Si. The molecule has 0 saturated carbocycles. The van der Waals surface area contributed by atoms with Crippen molar-refractivity contribution in [3.63, 3.8) is 0 Å². The first kappa shape index (κ1) is 21.4. The number of carbonyl (C=O) groups excluding carboxylic acids is 1. The van der Waals surface area contributed by atoms with E-state index in [9.17, 15) is 4.79 Å². The topological polar surface area (TPSA) is 44.8 Å². The molecule has 0 heterocycles. The van der Waals surface area contributed by atoms with Gasteiger partial charge in [-0.05, 0) is 49.2 Å². The second-order valence-electron chi connectivity index (χ2n) is 7.45. The van der Waals surface area contributed by atoms with Crippen LogP contribution >= 0.6 is 0 Å². The minimum atomic E-state index is -1.76. The summed E-state index contributed by atoms with van der Waals surface area (Å²) >= 11 is 0. The zero-order valence-corrected chi connectivity index (χ0v) is 17.6. The summed E-state index contributed by atoms with van der Waals surface area (Å²) in [7, 11) is -1.76. The minimum absolute atomic E-state index is 0.196. The molecule has 1 aromatic carbocycles. The van der Waals surface area contributed by atoms with E-state index in [1.165, 1.54) is 0 Å². The van der Waals surface area contributed by atoms with Crippen LogP contribution in [0.5, 0.6) is 0 Å². The van der Waals surface area contributed by atoms with Gasteiger partial charge in [-0.15, -0.1) is 0 Å². The van der Waals surface area contributed by atoms with Crippen LogP contribution in [-0.2, 0) is 25.3 Å². The Labute approximate surface area is 153 Å². The zero-order valence-electron chi connectivity index (χ0n) is 16.6. The SMILES string of the molecule is CCOC(=O)/C(=C/c1ccc(CO[Si](C)(C)C(C)(C)C)cc1)OCC. The molecule has 0 N–H and O–H groups in total. The summed E-state index contributed by atoms with van der Waals surface area (Å²) in [5.41, 5.74) is 2.02. The summed E-state index contributed by atoms with van der Waals surface area (Å²) in [4.78, 5) is 11.9. The van der Waals surface area contributed by atoms with Gasteiger partial charge < -0.3 is 13.9 Å². The van der Waals surface area contributed by atoms with Crippen LogP contribution in [-0.4, -0.2) is 27.5 Å². The molecule has 1 aromatic rings. The van der Waals surface area contributed by atoms with Gasteiger partial charge in [0.25, 0.3) is 0 Å². The molecule has 0 bridgehead atoms. The summed E-state index contributed by atoms with van der Waals surface area (Å²) in [5, 5.41) is 0.196. The van der Waals surface area contributed by atoms with Gasteiger partial charge in [0.2, 0.25) is 5.76 Å². The number of carbonyl (C=O) groups is 1. The largest absolute Gasteiger partial charge is 0.487 e. The maximum Gasteiger partial charge on any atom is 0.373 e. The van der Waals surface area contributed by atoms with Crippen molar-refractivity contribution in [2.45, 2.75) is 59.4 Å². The highest BCUT2D eigenvalue weighted by Gasteiger charge is 2.36. The highest BCUT2D eigenvalue weighted by atomic mass is 28.4. The average Bonchev–Trinajstić information content (AvgIpc) is 2.53. The van der Waals surface area contributed by atoms with Crippen LogP contribution in [0.25, 0.3) is 6.08 Å². The number of hydrogen-bond acceptors (Lipinski definition) is 4. The second kappa shape index (κ2) is 9.20. The number of esters is 1. The first-order valence-electron chi connectivity index (χ1n) is 8.85. The second-order valence-corrected chi connectivity index (χ2v) is 12.3. The molecule has 0 aliphatic heterocycles. The van der Waals surface area contributed by atoms with Crippen molar-refractivity contribution in [1.82, 2.24) is 0 Å². The fourth-order valence-corrected chi connectivity index (χ4v) is 2.82. The maximum atomic E-state index is 11.9. The lowest BCUT2D eigenvalue weighted by Crippen LogP contribution is -2.40. The fourth-order valence-electron chi connectivity index (χ4n) is 1.86. The third-order valence-corrected chi connectivity index (χ3v) is 8.94. The Hall–Kier alpha value is -1.59. The molecular weight excluding hydrogens is 332 g/mol. The van der Waals surface area contributed by atoms with Gasteiger partial charge in [-0.3, -0.25) is 0 Å². The van der Waals surface area contributed by atoms with Gasteiger partial charge in [0.05, 0.1) is 19.8 Å². The Bertz CT molecular complexity index is 583. The summed E-state index contributed by atoms with van der Waals surface area (Å²) in [6, 6.07) is 7.96. The van der Waals surface area contributed by atoms with Crippen LogP contribution < -0.4 is 0 Å². The van der Waals surface area contributed by atoms with E-state index in [0.717, 1.165) is 11.1 Å². The first-order chi connectivity index (χ1) is 11.6. The molecule has 140 valence electrons. The Morgan fingerprint density at radius 2 is 1.60 bits per heavy atom. The Kier molecular flexibility index (Phi) is 7.89. The van der Waals surface area contributed by atoms with Gasteiger partial charge in [0, 0.05) is 0 Å². The van der Waals surface area contributed by atoms with E-state index in [1.807, 2.05) is 31.2 Å². The van der Waals surface area contributed by atoms with Crippen LogP contribution in [0.1, 0.15) is 45.7 Å². The van der Waals surface area contributed by atoms with E-state index < -0.39 is 14.3 Å². The van der Waals surface area contributed by atoms with Crippen molar-refractivity contribution in [1.29, 1.82) is 0 Å². The molecule has 0 amide bonds. The quantitative estimate of drug-likeness (QED) is 0.277. The van der Waals surface area contributed by atoms with Crippen LogP contribution in [0.15, 0.2) is 30.0 Å². The molecule has 0 radical (unpaired) electrons. The molecule has 0 aliphatic carbocycles. The third kappa shape index (κ3) is 6.67. The normalized spacial score (nSPS) is 12.8. The van der Waals surface area contributed by atoms with E-state index in [1.54, 1.807) is 13.0 Å². The van der Waals surface area contributed by atoms with E-state index in [2.05, 4.69) is 33.9 Å². The van der Waals surface area contributed by atoms with Gasteiger partial charge in [-0.2, -0.15) is 0 Å². The number of hydrogen-bond donors (Lipinski definition) is 0. The molecule has 0 aromatic heterocycles. The van der Waals surface area contributed by atoms with E-state index in [0.29, 0.717) is 19.8 Å². The monoisotopic (exact) mass is 364 g/mol. The summed E-state index contributed by atoms with van der Waals surface area (Å²) in [6.07, 6.45) is 1.71. The van der Waals surface area contributed by atoms with Gasteiger partial charge in [0.1, 0.15) is 0 Å². The van der Waals surface area contributed by atoms with Crippen LogP contribution in [0.2, 0.25) is 18.1 Å². The standard InChI is InChI=1S/C20H32O4Si/c1-8-22-18(19(21)23-9-2)14-16-10-12-17(13-11-16)15-24-25(6,7)20(3,4)5/h10-14H,8-9,15H2,1-7H3/b18-14-. The summed E-state index contributed by atoms with van der Waals surface area (Å²) in [6.45, 7) is 16.2. The van der Waals surface area contributed by atoms with Crippen molar-refractivity contribution in [3.05, 3.63) is 41.2 Å². The summed E-state index contributed by atoms with van der Waals surface area (Å²) in [5.74, 6) is -0.204. The lowest BCUT2D eigenvalue weighted by Gasteiger charge is -2.36. The zero-order chi connectivity index (χ0) is 19.1. The van der Waals surface area contributed by atoms with Crippen molar-refractivity contribution in [2.24, 2.45) is 0 Å². The molecule has 0 spiro atoms. The van der Waals surface area contributed by atoms with Crippen LogP contribution in [0, 0.1) is 0 Å². The Morgan fingerprint density at radius 1 is 1.04 bits per heavy atom. The fraction of sp³-hybridized carbons (Fsp3) is 0.550. The lowest BCUT2D eigenvalue weighted by molar-refractivity contribution is -0.142. The van der Waals surface area contributed by atoms with Crippen LogP contribution in [0.4, 0.5) is 0 Å². The van der Waals surface area contributed by atoms with Crippen molar-refractivity contribution < 1.29 is 18.7 Å². The molecule has 0 aliphatic rings. The predicted molar refractivity (Wildman–Crippen MR) is 105 cm³/mol. The molecule has 0 unspecified atom stereocenters. The van der Waals surface area contributed by atoms with E-state index in [-0.39, 0.29) is 10.8 Å². The van der Waals surface area contributed by atoms with Crippen molar-refractivity contribution in [2.75, 3.05) is 13.2 Å². The maximum absolute atomic E-state index is 11.9. The van der Waals surface area contributed by atoms with Gasteiger partial charge in [-0.25, -0.2) is 4.79 Å². The molecule has 25 heavy (non-hydrogen) atoms. The smallest absolute Gasteiger partial charge is 0.373 e. The van der Waals surface area contributed by atoms with Crippen molar-refractivity contribution >= 4 is 20.4 Å². The first-order valence-corrected chi connectivity index (χ1v) is 11.8. The highest BCUT2D eigenvalue weighted by molar-refractivity contribution is 6.74. The Balaban J connectivity index is 2.81. The van der Waals surface area contributed by atoms with Crippen LogP contribution in [0.3, 0.4) is 0 Å². The average molecular weight is 365 g/mol. The van der Waals surface area contributed by atoms with E-state index >= 15 is 0 Å². The number of benzene rings is 1. The van der Waals surface area contributed by atoms with E-state index in [4.69, 9.17) is 13.9 Å². The molecule has 0 fully saturated rings. The minimum Gasteiger partial charge on any atom is -0.487 e. The highest BCUT2D eigenvalue weighted by Crippen LogP contribution is 2.37. The van der Waals surface area contributed by atoms with Gasteiger partial charge in [0.15, 0.2) is 8.32 Å². The molecule has 4 nitrogen and oxygen atoms in total. The molecule has 1 rings (SSSR count). The lowest BCUT2D eigenvalue weighted by atomic mass is 10.1. The van der Waals surface area contributed by atoms with Gasteiger partial charge in [-0.1, -0.05) is 45.0 Å². The molecule has 0 saturated heterocycles. The van der Waals surface area contributed by atoms with Crippen molar-refractivity contribution in [3.8, 4) is 0 Å². The predicted octanol–water partition coefficient (Wildman–Crippen LogP) is 5.15. The summed E-state index contributed by atoms with van der Waals surface area (Å²) < 4.78 is 16.6.